The van der Waals surface area contributed by atoms with Crippen LogP contribution in [0.2, 0.25) is 0 Å². The lowest BCUT2D eigenvalue weighted by atomic mass is 9.95. The first-order chi connectivity index (χ1) is 12.9. The number of sulfonamides is 1. The molecule has 0 radical (unpaired) electrons. The Balaban J connectivity index is 1.54. The van der Waals surface area contributed by atoms with Gasteiger partial charge in [-0.1, -0.05) is 32.1 Å². The molecule has 0 bridgehead atoms. The van der Waals surface area contributed by atoms with Gasteiger partial charge in [-0.25, -0.2) is 8.42 Å². The van der Waals surface area contributed by atoms with Gasteiger partial charge in [-0.2, -0.15) is 0 Å². The van der Waals surface area contributed by atoms with E-state index >= 15 is 0 Å². The van der Waals surface area contributed by atoms with Crippen molar-refractivity contribution >= 4 is 38.5 Å². The number of anilines is 1. The van der Waals surface area contributed by atoms with Gasteiger partial charge in [-0.3, -0.25) is 4.79 Å². The van der Waals surface area contributed by atoms with Crippen molar-refractivity contribution in [1.82, 2.24) is 4.90 Å². The predicted octanol–water partition coefficient (Wildman–Crippen LogP) is 3.48. The Morgan fingerprint density at radius 1 is 1.19 bits per heavy atom. The average molecular weight is 408 g/mol. The van der Waals surface area contributed by atoms with E-state index in [-0.39, 0.29) is 11.7 Å². The smallest absolute Gasteiger partial charge is 0.257 e. The molecular weight excluding hydrogens is 382 g/mol. The summed E-state index contributed by atoms with van der Waals surface area (Å²) in [5.74, 6) is 0.0742. The summed E-state index contributed by atoms with van der Waals surface area (Å²) in [6.45, 7) is 0.413. The quantitative estimate of drug-likeness (QED) is 0.751. The fourth-order valence-electron chi connectivity index (χ4n) is 4.06. The Morgan fingerprint density at radius 2 is 1.89 bits per heavy atom. The lowest BCUT2D eigenvalue weighted by molar-refractivity contribution is 0.0706. The van der Waals surface area contributed by atoms with E-state index in [1.165, 1.54) is 43.9 Å². The number of rotatable bonds is 2. The van der Waals surface area contributed by atoms with E-state index in [1.54, 1.807) is 0 Å². The number of amides is 1. The minimum absolute atomic E-state index is 0.0294. The average Bonchev–Trinajstić information content (AvgIpc) is 2.95. The van der Waals surface area contributed by atoms with E-state index in [9.17, 15) is 13.2 Å². The van der Waals surface area contributed by atoms with E-state index in [0.717, 1.165) is 23.4 Å². The van der Waals surface area contributed by atoms with Gasteiger partial charge in [0.2, 0.25) is 0 Å². The molecule has 1 amide bonds. The molecule has 1 aliphatic carbocycles. The zero-order chi connectivity index (χ0) is 19.0. The topological polar surface area (TPSA) is 70.0 Å². The van der Waals surface area contributed by atoms with Gasteiger partial charge >= 0.3 is 0 Å². The van der Waals surface area contributed by atoms with Crippen LogP contribution in [0.4, 0.5) is 5.69 Å². The van der Waals surface area contributed by atoms with Crippen LogP contribution in [-0.2, 0) is 10.0 Å². The first kappa shape index (κ1) is 18.8. The molecule has 0 unspecified atom stereocenters. The largest absolute Gasteiger partial charge is 0.339 e. The normalized spacial score (nSPS) is 22.3. The summed E-state index contributed by atoms with van der Waals surface area (Å²) in [6, 6.07) is 5.96. The van der Waals surface area contributed by atoms with Gasteiger partial charge in [0.1, 0.15) is 0 Å². The van der Waals surface area contributed by atoms with Crippen molar-refractivity contribution in [3.63, 3.8) is 0 Å². The Kier molecular flexibility index (Phi) is 5.20. The van der Waals surface area contributed by atoms with Crippen LogP contribution < -0.4 is 4.90 Å². The molecule has 4 rings (SSSR count). The second-order valence-electron chi connectivity index (χ2n) is 7.51. The number of fused-ring (bicyclic) bond motifs is 3. The molecule has 27 heavy (non-hydrogen) atoms. The van der Waals surface area contributed by atoms with Crippen LogP contribution in [0.1, 0.15) is 55.3 Å². The van der Waals surface area contributed by atoms with Gasteiger partial charge in [-0.05, 0) is 42.8 Å². The maximum atomic E-state index is 13.0. The highest BCUT2D eigenvalue weighted by Crippen LogP contribution is 2.42. The monoisotopic (exact) mass is 407 g/mol. The SMILES string of the molecule is CN(C(=O)c1ccc2c(c1)SC1=NS(=O)(=O)CCN12)C1CCCCCCC1. The van der Waals surface area contributed by atoms with Gasteiger partial charge in [0.25, 0.3) is 15.9 Å². The van der Waals surface area contributed by atoms with Crippen molar-refractivity contribution in [2.24, 2.45) is 4.40 Å². The fraction of sp³-hybridized carbons (Fsp3) is 0.579. The van der Waals surface area contributed by atoms with Crippen LogP contribution in [-0.4, -0.2) is 49.8 Å². The lowest BCUT2D eigenvalue weighted by Crippen LogP contribution is -2.37. The third kappa shape index (κ3) is 3.87. The molecule has 1 aromatic carbocycles. The molecule has 2 heterocycles. The highest BCUT2D eigenvalue weighted by atomic mass is 32.2. The van der Waals surface area contributed by atoms with Gasteiger partial charge < -0.3 is 9.80 Å². The third-order valence-electron chi connectivity index (χ3n) is 5.66. The maximum Gasteiger partial charge on any atom is 0.257 e. The zero-order valence-electron chi connectivity index (χ0n) is 15.6. The van der Waals surface area contributed by atoms with Crippen molar-refractivity contribution in [2.75, 3.05) is 24.2 Å². The number of benzene rings is 1. The van der Waals surface area contributed by atoms with Gasteiger partial charge in [0.15, 0.2) is 5.17 Å². The van der Waals surface area contributed by atoms with Gasteiger partial charge in [0, 0.05) is 30.1 Å². The van der Waals surface area contributed by atoms with E-state index in [1.807, 2.05) is 35.0 Å². The summed E-state index contributed by atoms with van der Waals surface area (Å²) in [4.78, 5) is 17.8. The van der Waals surface area contributed by atoms with Crippen LogP contribution in [0.15, 0.2) is 27.5 Å². The summed E-state index contributed by atoms with van der Waals surface area (Å²) in [5, 5.41) is 0.495. The lowest BCUT2D eigenvalue weighted by Gasteiger charge is -2.30. The number of hydrogen-bond donors (Lipinski definition) is 0. The Labute approximate surface area is 165 Å². The molecule has 8 heteroatoms. The first-order valence-corrected chi connectivity index (χ1v) is 12.1. The zero-order valence-corrected chi connectivity index (χ0v) is 17.2. The van der Waals surface area contributed by atoms with E-state index in [2.05, 4.69) is 4.40 Å². The molecule has 0 spiro atoms. The highest BCUT2D eigenvalue weighted by molar-refractivity contribution is 8.15. The number of carbonyl (C=O) groups excluding carboxylic acids is 1. The predicted molar refractivity (Wildman–Crippen MR) is 109 cm³/mol. The highest BCUT2D eigenvalue weighted by Gasteiger charge is 2.34. The summed E-state index contributed by atoms with van der Waals surface area (Å²) in [7, 11) is -1.45. The number of thioether (sulfide) groups is 1. The fourth-order valence-corrected chi connectivity index (χ4v) is 6.35. The van der Waals surface area contributed by atoms with Crippen molar-refractivity contribution in [1.29, 1.82) is 0 Å². The second kappa shape index (κ2) is 7.47. The van der Waals surface area contributed by atoms with E-state index in [4.69, 9.17) is 0 Å². The summed E-state index contributed by atoms with van der Waals surface area (Å²) >= 11 is 1.33. The van der Waals surface area contributed by atoms with Gasteiger partial charge in [-0.15, -0.1) is 4.40 Å². The molecule has 146 valence electrons. The Bertz CT molecular complexity index is 874. The van der Waals surface area contributed by atoms with Crippen LogP contribution in [0, 0.1) is 0 Å². The summed E-state index contributed by atoms with van der Waals surface area (Å²) in [6.07, 6.45) is 8.35. The molecule has 1 aromatic rings. The number of amidine groups is 1. The van der Waals surface area contributed by atoms with Crippen molar-refractivity contribution in [3.05, 3.63) is 23.8 Å². The minimum Gasteiger partial charge on any atom is -0.339 e. The van der Waals surface area contributed by atoms with Gasteiger partial charge in [0.05, 0.1) is 11.4 Å². The molecule has 1 saturated carbocycles. The van der Waals surface area contributed by atoms with Crippen LogP contribution >= 0.6 is 11.8 Å². The standard InChI is InChI=1S/C19H25N3O3S2/c1-21(15-7-5-3-2-4-6-8-15)18(23)14-9-10-16-17(13-14)26-19-20-27(24,25)12-11-22(16)19/h9-10,13,15H,2-8,11-12H2,1H3. The molecular formula is C19H25N3O3S2. The first-order valence-electron chi connectivity index (χ1n) is 9.64. The number of nitrogens with zero attached hydrogens (tertiary/aromatic N) is 3. The molecule has 3 aliphatic rings. The van der Waals surface area contributed by atoms with E-state index in [0.29, 0.717) is 23.3 Å². The molecule has 2 aliphatic heterocycles. The number of carbonyl (C=O) groups is 1. The van der Waals surface area contributed by atoms with Crippen molar-refractivity contribution in [3.8, 4) is 0 Å². The molecule has 6 nitrogen and oxygen atoms in total. The molecule has 0 N–H and O–H groups in total. The summed E-state index contributed by atoms with van der Waals surface area (Å²) < 4.78 is 27.4. The maximum absolute atomic E-state index is 13.0. The van der Waals surface area contributed by atoms with Crippen LogP contribution in [0.5, 0.6) is 0 Å². The Morgan fingerprint density at radius 3 is 2.63 bits per heavy atom. The Hall–Kier alpha value is -1.54. The van der Waals surface area contributed by atoms with Crippen molar-refractivity contribution in [2.45, 2.75) is 55.9 Å². The summed E-state index contributed by atoms with van der Waals surface area (Å²) in [5.41, 5.74) is 1.60. The molecule has 0 saturated heterocycles. The molecule has 1 fully saturated rings. The van der Waals surface area contributed by atoms with Crippen LogP contribution in [0.25, 0.3) is 0 Å². The van der Waals surface area contributed by atoms with Crippen molar-refractivity contribution < 1.29 is 13.2 Å². The third-order valence-corrected chi connectivity index (χ3v) is 7.97. The molecule has 0 aromatic heterocycles. The molecule has 0 atom stereocenters. The minimum atomic E-state index is -3.37. The van der Waals surface area contributed by atoms with E-state index < -0.39 is 10.0 Å². The second-order valence-corrected chi connectivity index (χ2v) is 10.3. The van der Waals surface area contributed by atoms with Crippen LogP contribution in [0.3, 0.4) is 0 Å². The number of hydrogen-bond acceptors (Lipinski definition) is 5.